The molecule has 1 atom stereocenters. The van der Waals surface area contributed by atoms with Crippen LogP contribution in [0.25, 0.3) is 22.3 Å². The molecule has 3 aromatic rings. The zero-order valence-electron chi connectivity index (χ0n) is 12.7. The van der Waals surface area contributed by atoms with E-state index in [0.29, 0.717) is 6.42 Å². The highest BCUT2D eigenvalue weighted by atomic mass is 16.3. The summed E-state index contributed by atoms with van der Waals surface area (Å²) in [7, 11) is 0. The van der Waals surface area contributed by atoms with E-state index in [2.05, 4.69) is 72.8 Å². The standard InChI is InChI=1S/C21H20O/c1-16(22)14-17-8-7-11-19(15-17)21-13-6-5-12-20(21)18-9-3-2-4-10-18/h2-13,15-16,22H,14H2,1H3. The average molecular weight is 288 g/mol. The molecule has 0 saturated carbocycles. The van der Waals surface area contributed by atoms with E-state index in [1.54, 1.807) is 0 Å². The molecule has 0 aliphatic heterocycles. The van der Waals surface area contributed by atoms with Crippen molar-refractivity contribution in [1.29, 1.82) is 0 Å². The van der Waals surface area contributed by atoms with Crippen molar-refractivity contribution < 1.29 is 5.11 Å². The predicted molar refractivity (Wildman–Crippen MR) is 92.7 cm³/mol. The summed E-state index contributed by atoms with van der Waals surface area (Å²) in [5, 5.41) is 9.60. The molecule has 0 radical (unpaired) electrons. The van der Waals surface area contributed by atoms with Crippen LogP contribution in [0.5, 0.6) is 0 Å². The molecule has 0 saturated heterocycles. The number of hydrogen-bond donors (Lipinski definition) is 1. The summed E-state index contributed by atoms with van der Waals surface area (Å²) in [6, 6.07) is 27.3. The van der Waals surface area contributed by atoms with Crippen molar-refractivity contribution >= 4 is 0 Å². The first-order valence-electron chi connectivity index (χ1n) is 7.66. The van der Waals surface area contributed by atoms with Crippen LogP contribution in [0.15, 0.2) is 78.9 Å². The van der Waals surface area contributed by atoms with Gasteiger partial charge < -0.3 is 5.11 Å². The quantitative estimate of drug-likeness (QED) is 0.720. The molecule has 1 heteroatoms. The van der Waals surface area contributed by atoms with E-state index in [9.17, 15) is 5.11 Å². The molecule has 0 fully saturated rings. The van der Waals surface area contributed by atoms with Gasteiger partial charge in [0.05, 0.1) is 6.10 Å². The van der Waals surface area contributed by atoms with Crippen LogP contribution in [0.1, 0.15) is 12.5 Å². The molecule has 1 nitrogen and oxygen atoms in total. The van der Waals surface area contributed by atoms with E-state index in [1.807, 2.05) is 13.0 Å². The van der Waals surface area contributed by atoms with Gasteiger partial charge in [-0.05, 0) is 41.2 Å². The normalized spacial score (nSPS) is 12.1. The van der Waals surface area contributed by atoms with Gasteiger partial charge >= 0.3 is 0 Å². The van der Waals surface area contributed by atoms with Crippen LogP contribution in [-0.2, 0) is 6.42 Å². The van der Waals surface area contributed by atoms with Gasteiger partial charge in [-0.3, -0.25) is 0 Å². The van der Waals surface area contributed by atoms with E-state index in [0.717, 1.165) is 5.56 Å². The first-order valence-corrected chi connectivity index (χ1v) is 7.66. The average Bonchev–Trinajstić information content (AvgIpc) is 2.55. The summed E-state index contributed by atoms with van der Waals surface area (Å²) in [5.41, 5.74) is 6.03. The fourth-order valence-electron chi connectivity index (χ4n) is 2.81. The summed E-state index contributed by atoms with van der Waals surface area (Å²) >= 11 is 0. The lowest BCUT2D eigenvalue weighted by Crippen LogP contribution is -2.03. The maximum absolute atomic E-state index is 9.60. The van der Waals surface area contributed by atoms with E-state index >= 15 is 0 Å². The first-order chi connectivity index (χ1) is 10.7. The fourth-order valence-corrected chi connectivity index (χ4v) is 2.81. The van der Waals surface area contributed by atoms with Crippen molar-refractivity contribution in [3.63, 3.8) is 0 Å². The van der Waals surface area contributed by atoms with Crippen LogP contribution in [0.2, 0.25) is 0 Å². The van der Waals surface area contributed by atoms with E-state index in [-0.39, 0.29) is 6.10 Å². The van der Waals surface area contributed by atoms with Crippen LogP contribution in [0.4, 0.5) is 0 Å². The molecule has 1 unspecified atom stereocenters. The third kappa shape index (κ3) is 3.26. The Hall–Kier alpha value is -2.38. The number of benzene rings is 3. The molecule has 3 rings (SSSR count). The van der Waals surface area contributed by atoms with E-state index in [4.69, 9.17) is 0 Å². The number of hydrogen-bond acceptors (Lipinski definition) is 1. The minimum atomic E-state index is -0.320. The third-order valence-electron chi connectivity index (χ3n) is 3.78. The lowest BCUT2D eigenvalue weighted by atomic mass is 9.93. The Labute approximate surface area is 131 Å². The summed E-state index contributed by atoms with van der Waals surface area (Å²) in [4.78, 5) is 0. The minimum absolute atomic E-state index is 0.320. The zero-order chi connectivity index (χ0) is 15.4. The first kappa shape index (κ1) is 14.6. The van der Waals surface area contributed by atoms with Crippen molar-refractivity contribution in [2.75, 3.05) is 0 Å². The summed E-state index contributed by atoms with van der Waals surface area (Å²) in [5.74, 6) is 0. The number of aliphatic hydroxyl groups excluding tert-OH is 1. The van der Waals surface area contributed by atoms with Crippen LogP contribution in [-0.4, -0.2) is 11.2 Å². The molecule has 110 valence electrons. The molecule has 0 amide bonds. The number of rotatable bonds is 4. The van der Waals surface area contributed by atoms with Gasteiger partial charge in [-0.2, -0.15) is 0 Å². The Morgan fingerprint density at radius 3 is 2.00 bits per heavy atom. The van der Waals surface area contributed by atoms with Crippen molar-refractivity contribution in [2.24, 2.45) is 0 Å². The smallest absolute Gasteiger partial charge is 0.0552 e. The van der Waals surface area contributed by atoms with E-state index < -0.39 is 0 Å². The maximum Gasteiger partial charge on any atom is 0.0552 e. The lowest BCUT2D eigenvalue weighted by molar-refractivity contribution is 0.195. The summed E-state index contributed by atoms with van der Waals surface area (Å²) < 4.78 is 0. The Morgan fingerprint density at radius 1 is 0.727 bits per heavy atom. The molecular formula is C21H20O. The Balaban J connectivity index is 2.06. The molecule has 3 aromatic carbocycles. The van der Waals surface area contributed by atoms with Crippen LogP contribution >= 0.6 is 0 Å². The molecule has 0 aliphatic carbocycles. The third-order valence-corrected chi connectivity index (χ3v) is 3.78. The Kier molecular flexibility index (Phi) is 4.36. The second-order valence-electron chi connectivity index (χ2n) is 5.67. The molecule has 22 heavy (non-hydrogen) atoms. The van der Waals surface area contributed by atoms with Crippen molar-refractivity contribution in [2.45, 2.75) is 19.4 Å². The SMILES string of the molecule is CC(O)Cc1cccc(-c2ccccc2-c2ccccc2)c1. The fraction of sp³-hybridized carbons (Fsp3) is 0.143. The maximum atomic E-state index is 9.60. The van der Waals surface area contributed by atoms with Gasteiger partial charge in [0.25, 0.3) is 0 Å². The largest absolute Gasteiger partial charge is 0.393 e. The Morgan fingerprint density at radius 2 is 1.32 bits per heavy atom. The highest BCUT2D eigenvalue weighted by Gasteiger charge is 2.07. The van der Waals surface area contributed by atoms with Gasteiger partial charge in [-0.25, -0.2) is 0 Å². The van der Waals surface area contributed by atoms with Gasteiger partial charge in [0.15, 0.2) is 0 Å². The summed E-state index contributed by atoms with van der Waals surface area (Å²) in [6.45, 7) is 1.82. The van der Waals surface area contributed by atoms with Gasteiger partial charge in [0.1, 0.15) is 0 Å². The molecule has 1 N–H and O–H groups in total. The predicted octanol–water partition coefficient (Wildman–Crippen LogP) is 4.94. The lowest BCUT2D eigenvalue weighted by Gasteiger charge is -2.12. The second-order valence-corrected chi connectivity index (χ2v) is 5.67. The van der Waals surface area contributed by atoms with Gasteiger partial charge in [0.2, 0.25) is 0 Å². The van der Waals surface area contributed by atoms with Crippen LogP contribution in [0, 0.1) is 0 Å². The van der Waals surface area contributed by atoms with Crippen molar-refractivity contribution in [3.8, 4) is 22.3 Å². The van der Waals surface area contributed by atoms with Gasteiger partial charge in [-0.15, -0.1) is 0 Å². The van der Waals surface area contributed by atoms with Gasteiger partial charge in [-0.1, -0.05) is 78.9 Å². The highest BCUT2D eigenvalue weighted by Crippen LogP contribution is 2.32. The molecule has 0 aromatic heterocycles. The highest BCUT2D eigenvalue weighted by molar-refractivity contribution is 5.83. The van der Waals surface area contributed by atoms with E-state index in [1.165, 1.54) is 22.3 Å². The van der Waals surface area contributed by atoms with Crippen molar-refractivity contribution in [3.05, 3.63) is 84.4 Å². The number of aliphatic hydroxyl groups is 1. The molecular weight excluding hydrogens is 268 g/mol. The summed E-state index contributed by atoms with van der Waals surface area (Å²) in [6.07, 6.45) is 0.362. The molecule has 0 spiro atoms. The van der Waals surface area contributed by atoms with Gasteiger partial charge in [0, 0.05) is 0 Å². The molecule has 0 bridgehead atoms. The zero-order valence-corrected chi connectivity index (χ0v) is 12.7. The van der Waals surface area contributed by atoms with Crippen LogP contribution in [0.3, 0.4) is 0 Å². The Bertz CT molecular complexity index is 745. The minimum Gasteiger partial charge on any atom is -0.393 e. The second kappa shape index (κ2) is 6.59. The monoisotopic (exact) mass is 288 g/mol. The van der Waals surface area contributed by atoms with Crippen LogP contribution < -0.4 is 0 Å². The molecule has 0 aliphatic rings. The molecule has 0 heterocycles. The topological polar surface area (TPSA) is 20.2 Å². The van der Waals surface area contributed by atoms with Crippen molar-refractivity contribution in [1.82, 2.24) is 0 Å².